The van der Waals surface area contributed by atoms with E-state index in [0.29, 0.717) is 0 Å². The number of para-hydroxylation sites is 1. The molecule has 0 saturated heterocycles. The number of benzene rings is 6. The summed E-state index contributed by atoms with van der Waals surface area (Å²) >= 11 is 1.75. The predicted octanol–water partition coefficient (Wildman–Crippen LogP) is 10.2. The van der Waals surface area contributed by atoms with Gasteiger partial charge in [-0.2, -0.15) is 0 Å². The molecule has 0 aliphatic carbocycles. The van der Waals surface area contributed by atoms with Crippen LogP contribution in [0, 0.1) is 0 Å². The standard InChI is InChI=1S/C39H26N4S/c1-4-12-25(13-5-1)28-20-23-34-31(24-28)29-21-22-33-37(44-38(40-33)27-16-8-3-9-17-27)36(29)43(34)39-41-32-19-11-10-18-30(32)35(42-39)26-14-6-2-7-15-26/h1-24,39,41H. The number of rotatable bonds is 4. The molecule has 1 aliphatic heterocycles. The Bertz CT molecular complexity index is 2320. The smallest absolute Gasteiger partial charge is 0.201 e. The van der Waals surface area contributed by atoms with Gasteiger partial charge in [0.25, 0.3) is 0 Å². The lowest BCUT2D eigenvalue weighted by Crippen LogP contribution is -2.24. The Labute approximate surface area is 258 Å². The van der Waals surface area contributed by atoms with Gasteiger partial charge in [0.05, 0.1) is 27.0 Å². The maximum Gasteiger partial charge on any atom is 0.201 e. The molecule has 44 heavy (non-hydrogen) atoms. The van der Waals surface area contributed by atoms with E-state index in [0.717, 1.165) is 54.3 Å². The molecule has 208 valence electrons. The molecule has 0 amide bonds. The van der Waals surface area contributed by atoms with E-state index in [1.807, 2.05) is 6.07 Å². The van der Waals surface area contributed by atoms with Crippen molar-refractivity contribution in [2.75, 3.05) is 5.32 Å². The van der Waals surface area contributed by atoms with Crippen LogP contribution in [0.25, 0.3) is 53.7 Å². The Morgan fingerprint density at radius 1 is 0.591 bits per heavy atom. The summed E-state index contributed by atoms with van der Waals surface area (Å²) in [5.74, 6) is 0. The van der Waals surface area contributed by atoms with Gasteiger partial charge < -0.3 is 5.32 Å². The first-order chi connectivity index (χ1) is 21.8. The van der Waals surface area contributed by atoms with Crippen molar-refractivity contribution < 1.29 is 0 Å². The number of fused-ring (bicyclic) bond motifs is 6. The Morgan fingerprint density at radius 3 is 2.05 bits per heavy atom. The topological polar surface area (TPSA) is 42.2 Å². The van der Waals surface area contributed by atoms with E-state index in [1.165, 1.54) is 21.9 Å². The summed E-state index contributed by atoms with van der Waals surface area (Å²) < 4.78 is 3.55. The molecule has 1 atom stereocenters. The number of nitrogens with one attached hydrogen (secondary N) is 1. The van der Waals surface area contributed by atoms with Crippen LogP contribution in [0.1, 0.15) is 17.4 Å². The molecule has 0 saturated carbocycles. The van der Waals surface area contributed by atoms with Gasteiger partial charge in [-0.15, -0.1) is 11.3 Å². The normalized spacial score (nSPS) is 14.5. The average Bonchev–Trinajstić information content (AvgIpc) is 3.68. The highest BCUT2D eigenvalue weighted by atomic mass is 32.1. The molecule has 0 spiro atoms. The summed E-state index contributed by atoms with van der Waals surface area (Å²) in [6.07, 6.45) is -0.351. The maximum absolute atomic E-state index is 5.44. The third-order valence-electron chi connectivity index (χ3n) is 8.46. The fourth-order valence-electron chi connectivity index (χ4n) is 6.41. The Balaban J connectivity index is 1.35. The van der Waals surface area contributed by atoms with Gasteiger partial charge in [-0.05, 0) is 41.5 Å². The predicted molar refractivity (Wildman–Crippen MR) is 185 cm³/mol. The van der Waals surface area contributed by atoms with Crippen LogP contribution in [0.3, 0.4) is 0 Å². The number of aromatic nitrogens is 2. The van der Waals surface area contributed by atoms with Crippen LogP contribution in [0.2, 0.25) is 0 Å². The van der Waals surface area contributed by atoms with Crippen LogP contribution in [-0.4, -0.2) is 15.3 Å². The van der Waals surface area contributed by atoms with E-state index in [1.54, 1.807) is 11.3 Å². The lowest BCUT2D eigenvalue weighted by Gasteiger charge is -2.28. The molecule has 0 bridgehead atoms. The van der Waals surface area contributed by atoms with Crippen LogP contribution in [0.15, 0.2) is 151 Å². The van der Waals surface area contributed by atoms with Gasteiger partial charge in [0.2, 0.25) is 6.29 Å². The second kappa shape index (κ2) is 10.0. The Kier molecular flexibility index (Phi) is 5.71. The molecule has 3 heterocycles. The van der Waals surface area contributed by atoms with Crippen molar-refractivity contribution in [2.45, 2.75) is 6.29 Å². The zero-order chi connectivity index (χ0) is 29.0. The van der Waals surface area contributed by atoms with E-state index < -0.39 is 0 Å². The minimum atomic E-state index is -0.351. The summed E-state index contributed by atoms with van der Waals surface area (Å²) in [5, 5.41) is 7.21. The SMILES string of the molecule is c1ccc(C2=NC(n3c4ccc(-c5ccccc5)cc4c4ccc5nc(-c6ccccc6)sc5c43)Nc3ccccc32)cc1. The molecule has 0 radical (unpaired) electrons. The molecule has 1 unspecified atom stereocenters. The molecule has 1 aliphatic rings. The van der Waals surface area contributed by atoms with E-state index in [4.69, 9.17) is 9.98 Å². The van der Waals surface area contributed by atoms with Crippen molar-refractivity contribution >= 4 is 54.8 Å². The van der Waals surface area contributed by atoms with Crippen molar-refractivity contribution in [3.8, 4) is 21.7 Å². The van der Waals surface area contributed by atoms with Gasteiger partial charge in [-0.1, -0.05) is 115 Å². The second-order valence-corrected chi connectivity index (χ2v) is 12.1. The molecular formula is C39H26N4S. The monoisotopic (exact) mass is 582 g/mol. The number of thiazole rings is 1. The zero-order valence-corrected chi connectivity index (χ0v) is 24.5. The minimum Gasteiger partial charge on any atom is -0.346 e. The van der Waals surface area contributed by atoms with Crippen LogP contribution in [0.5, 0.6) is 0 Å². The molecule has 0 fully saturated rings. The molecule has 2 aromatic heterocycles. The number of anilines is 1. The summed E-state index contributed by atoms with van der Waals surface area (Å²) in [4.78, 5) is 10.5. The minimum absolute atomic E-state index is 0.351. The van der Waals surface area contributed by atoms with Crippen LogP contribution in [0.4, 0.5) is 5.69 Å². The molecule has 1 N–H and O–H groups in total. The Morgan fingerprint density at radius 2 is 1.27 bits per heavy atom. The van der Waals surface area contributed by atoms with E-state index >= 15 is 0 Å². The zero-order valence-electron chi connectivity index (χ0n) is 23.7. The van der Waals surface area contributed by atoms with Gasteiger partial charge in [-0.3, -0.25) is 4.57 Å². The first-order valence-corrected chi connectivity index (χ1v) is 15.6. The van der Waals surface area contributed by atoms with Gasteiger partial charge in [0, 0.05) is 33.2 Å². The van der Waals surface area contributed by atoms with Crippen LogP contribution < -0.4 is 5.32 Å². The molecule has 8 aromatic rings. The third kappa shape index (κ3) is 3.98. The van der Waals surface area contributed by atoms with Crippen LogP contribution in [-0.2, 0) is 0 Å². The number of hydrogen-bond donors (Lipinski definition) is 1. The fourth-order valence-corrected chi connectivity index (χ4v) is 7.53. The summed E-state index contributed by atoms with van der Waals surface area (Å²) in [5.41, 5.74) is 11.1. The number of nitrogens with zero attached hydrogens (tertiary/aromatic N) is 3. The third-order valence-corrected chi connectivity index (χ3v) is 9.58. The molecule has 6 aromatic carbocycles. The number of hydrogen-bond acceptors (Lipinski definition) is 4. The van der Waals surface area contributed by atoms with Crippen molar-refractivity contribution in [3.63, 3.8) is 0 Å². The molecule has 5 heteroatoms. The average molecular weight is 583 g/mol. The number of aliphatic imine (C=N–C) groups is 1. The first kappa shape index (κ1) is 25.0. The van der Waals surface area contributed by atoms with Crippen molar-refractivity contribution in [1.82, 2.24) is 9.55 Å². The highest BCUT2D eigenvalue weighted by molar-refractivity contribution is 7.22. The molecule has 9 rings (SSSR count). The quantitative estimate of drug-likeness (QED) is 0.224. The van der Waals surface area contributed by atoms with E-state index in [-0.39, 0.29) is 6.29 Å². The van der Waals surface area contributed by atoms with E-state index in [9.17, 15) is 0 Å². The largest absolute Gasteiger partial charge is 0.346 e. The van der Waals surface area contributed by atoms with Crippen molar-refractivity contribution in [2.24, 2.45) is 4.99 Å². The second-order valence-electron chi connectivity index (χ2n) is 11.1. The van der Waals surface area contributed by atoms with Gasteiger partial charge in [0.15, 0.2) is 0 Å². The van der Waals surface area contributed by atoms with Gasteiger partial charge in [-0.25, -0.2) is 9.98 Å². The van der Waals surface area contributed by atoms with Gasteiger partial charge in [0.1, 0.15) is 5.01 Å². The maximum atomic E-state index is 5.44. The highest BCUT2D eigenvalue weighted by Crippen LogP contribution is 2.43. The van der Waals surface area contributed by atoms with Crippen molar-refractivity contribution in [3.05, 3.63) is 157 Å². The fraction of sp³-hybridized carbons (Fsp3) is 0.0256. The summed E-state index contributed by atoms with van der Waals surface area (Å²) in [7, 11) is 0. The molecule has 4 nitrogen and oxygen atoms in total. The van der Waals surface area contributed by atoms with Crippen molar-refractivity contribution in [1.29, 1.82) is 0 Å². The lowest BCUT2D eigenvalue weighted by atomic mass is 9.99. The molecular weight excluding hydrogens is 557 g/mol. The van der Waals surface area contributed by atoms with Crippen LogP contribution >= 0.6 is 11.3 Å². The first-order valence-electron chi connectivity index (χ1n) is 14.8. The van der Waals surface area contributed by atoms with E-state index in [2.05, 4.69) is 149 Å². The van der Waals surface area contributed by atoms with Gasteiger partial charge >= 0.3 is 0 Å². The Hall–Kier alpha value is -5.52. The summed E-state index contributed by atoms with van der Waals surface area (Å²) in [6, 6.07) is 51.2. The highest BCUT2D eigenvalue weighted by Gasteiger charge is 2.27. The lowest BCUT2D eigenvalue weighted by molar-refractivity contribution is 0.626. The summed E-state index contributed by atoms with van der Waals surface area (Å²) in [6.45, 7) is 0.